The number of nitrogens with two attached hydrogens (primary N) is 2. The van der Waals surface area contributed by atoms with Gasteiger partial charge in [0.1, 0.15) is 18.5 Å². The number of nitrogens with zero attached hydrogens (tertiary/aromatic N) is 1. The van der Waals surface area contributed by atoms with Gasteiger partial charge in [0.05, 0.1) is 0 Å². The maximum Gasteiger partial charge on any atom is 0.289 e. The van der Waals surface area contributed by atoms with Crippen LogP contribution in [0, 0.1) is 0 Å². The van der Waals surface area contributed by atoms with Crippen LogP contribution >= 0.6 is 0 Å². The van der Waals surface area contributed by atoms with Gasteiger partial charge in [-0.25, -0.2) is 13.8 Å². The summed E-state index contributed by atoms with van der Waals surface area (Å²) in [4.78, 5) is 3.63. The van der Waals surface area contributed by atoms with Crippen molar-refractivity contribution in [2.24, 2.45) is 5.73 Å². The maximum absolute atomic E-state index is 13.0. The van der Waals surface area contributed by atoms with E-state index in [1.165, 1.54) is 18.3 Å². The zero-order valence-electron chi connectivity index (χ0n) is 7.32. The summed E-state index contributed by atoms with van der Waals surface area (Å²) in [7, 11) is 0. The van der Waals surface area contributed by atoms with Crippen LogP contribution in [0.5, 0.6) is 0 Å². The third-order valence-corrected chi connectivity index (χ3v) is 1.87. The number of pyridine rings is 1. The van der Waals surface area contributed by atoms with Crippen LogP contribution in [-0.4, -0.2) is 22.6 Å². The van der Waals surface area contributed by atoms with E-state index in [0.29, 0.717) is 0 Å². The normalized spacial score (nSPS) is 14.0. The van der Waals surface area contributed by atoms with Crippen LogP contribution in [0.3, 0.4) is 0 Å². The van der Waals surface area contributed by atoms with Gasteiger partial charge in [-0.15, -0.1) is 0 Å². The molecule has 1 rings (SSSR count). The van der Waals surface area contributed by atoms with E-state index in [4.69, 9.17) is 16.6 Å². The van der Waals surface area contributed by atoms with Crippen LogP contribution in [0.25, 0.3) is 0 Å². The van der Waals surface area contributed by atoms with Crippen molar-refractivity contribution in [1.82, 2.24) is 4.98 Å². The van der Waals surface area contributed by atoms with Crippen molar-refractivity contribution < 1.29 is 13.9 Å². The highest BCUT2D eigenvalue weighted by Crippen LogP contribution is 2.30. The van der Waals surface area contributed by atoms with Crippen LogP contribution in [0.2, 0.25) is 0 Å². The fraction of sp³-hybridized carbons (Fsp3) is 0.375. The van der Waals surface area contributed by atoms with Gasteiger partial charge in [-0.3, -0.25) is 0 Å². The molecule has 6 heteroatoms. The van der Waals surface area contributed by atoms with Crippen molar-refractivity contribution in [2.45, 2.75) is 12.0 Å². The minimum absolute atomic E-state index is 0.0338. The predicted molar refractivity (Wildman–Crippen MR) is 47.6 cm³/mol. The van der Waals surface area contributed by atoms with E-state index in [2.05, 4.69) is 4.98 Å². The number of hydrogen-bond donors (Lipinski definition) is 3. The standard InChI is InChI=1S/C8H11F2N3O/c9-8(10,4-14)6(11)5-2-1-3-13-7(5)12/h1-3,6,14H,4,11H2,(H2,12,13)/t6-/m1/s1. The van der Waals surface area contributed by atoms with E-state index in [0.717, 1.165) is 0 Å². The van der Waals surface area contributed by atoms with Crippen LogP contribution in [0.1, 0.15) is 11.6 Å². The molecule has 0 fully saturated rings. The monoisotopic (exact) mass is 203 g/mol. The number of aliphatic hydroxyl groups excluding tert-OH is 1. The Kier molecular flexibility index (Phi) is 2.97. The molecular formula is C8H11F2N3O. The Morgan fingerprint density at radius 2 is 2.21 bits per heavy atom. The van der Waals surface area contributed by atoms with Crippen LogP contribution in [0.4, 0.5) is 14.6 Å². The number of aliphatic hydroxyl groups is 1. The molecule has 0 amide bonds. The number of hydrogen-bond acceptors (Lipinski definition) is 4. The van der Waals surface area contributed by atoms with E-state index in [-0.39, 0.29) is 11.4 Å². The molecule has 0 radical (unpaired) electrons. The highest BCUT2D eigenvalue weighted by molar-refractivity contribution is 5.41. The Morgan fingerprint density at radius 3 is 2.71 bits per heavy atom. The Balaban J connectivity index is 3.00. The second-order valence-electron chi connectivity index (χ2n) is 2.87. The fourth-order valence-corrected chi connectivity index (χ4v) is 1.02. The first-order chi connectivity index (χ1) is 6.49. The molecule has 78 valence electrons. The molecule has 1 atom stereocenters. The quantitative estimate of drug-likeness (QED) is 0.659. The van der Waals surface area contributed by atoms with Gasteiger partial charge in [-0.2, -0.15) is 0 Å². The summed E-state index contributed by atoms with van der Waals surface area (Å²) < 4.78 is 25.9. The lowest BCUT2D eigenvalue weighted by atomic mass is 10.0. The molecule has 1 aromatic heterocycles. The van der Waals surface area contributed by atoms with E-state index >= 15 is 0 Å². The molecule has 4 nitrogen and oxygen atoms in total. The highest BCUT2D eigenvalue weighted by atomic mass is 19.3. The highest BCUT2D eigenvalue weighted by Gasteiger charge is 2.38. The second-order valence-corrected chi connectivity index (χ2v) is 2.87. The molecule has 1 heterocycles. The number of halogens is 2. The van der Waals surface area contributed by atoms with Gasteiger partial charge < -0.3 is 16.6 Å². The van der Waals surface area contributed by atoms with Gasteiger partial charge in [-0.05, 0) is 6.07 Å². The third-order valence-electron chi connectivity index (χ3n) is 1.87. The van der Waals surface area contributed by atoms with Crippen molar-refractivity contribution in [2.75, 3.05) is 12.3 Å². The summed E-state index contributed by atoms with van der Waals surface area (Å²) in [5.74, 6) is -3.44. The molecule has 0 spiro atoms. The Labute approximate surface area is 79.6 Å². The minimum Gasteiger partial charge on any atom is -0.390 e. The summed E-state index contributed by atoms with van der Waals surface area (Å²) in [6.45, 7) is -1.32. The van der Waals surface area contributed by atoms with Gasteiger partial charge in [-0.1, -0.05) is 6.07 Å². The summed E-state index contributed by atoms with van der Waals surface area (Å²) in [6.07, 6.45) is 1.38. The van der Waals surface area contributed by atoms with Gasteiger partial charge in [0.2, 0.25) is 0 Å². The molecule has 0 bridgehead atoms. The smallest absolute Gasteiger partial charge is 0.289 e. The average molecular weight is 203 g/mol. The molecular weight excluding hydrogens is 192 g/mol. The van der Waals surface area contributed by atoms with E-state index in [9.17, 15) is 8.78 Å². The lowest BCUT2D eigenvalue weighted by Crippen LogP contribution is -2.36. The van der Waals surface area contributed by atoms with Crippen molar-refractivity contribution in [3.8, 4) is 0 Å². The average Bonchev–Trinajstić information content (AvgIpc) is 2.17. The van der Waals surface area contributed by atoms with Crippen LogP contribution in [0.15, 0.2) is 18.3 Å². The summed E-state index contributed by atoms with van der Waals surface area (Å²) in [5, 5.41) is 8.43. The van der Waals surface area contributed by atoms with Gasteiger partial charge >= 0.3 is 0 Å². The first-order valence-electron chi connectivity index (χ1n) is 3.93. The zero-order chi connectivity index (χ0) is 10.8. The van der Waals surface area contributed by atoms with E-state index in [1.54, 1.807) is 0 Å². The second kappa shape index (κ2) is 3.85. The van der Waals surface area contributed by atoms with Crippen LogP contribution < -0.4 is 11.5 Å². The number of aromatic nitrogens is 1. The molecule has 0 aliphatic heterocycles. The third kappa shape index (κ3) is 1.97. The molecule has 5 N–H and O–H groups in total. The molecule has 1 aromatic rings. The summed E-state index contributed by atoms with van der Waals surface area (Å²) in [6, 6.07) is 1.18. The van der Waals surface area contributed by atoms with Crippen LogP contribution in [-0.2, 0) is 0 Å². The first-order valence-corrected chi connectivity index (χ1v) is 3.93. The van der Waals surface area contributed by atoms with Gasteiger partial charge in [0.25, 0.3) is 5.92 Å². The van der Waals surface area contributed by atoms with Gasteiger partial charge in [0.15, 0.2) is 0 Å². The molecule has 0 aliphatic carbocycles. The van der Waals surface area contributed by atoms with Gasteiger partial charge in [0, 0.05) is 11.8 Å². The molecule has 0 unspecified atom stereocenters. The Hall–Kier alpha value is -1.27. The van der Waals surface area contributed by atoms with Crippen molar-refractivity contribution in [1.29, 1.82) is 0 Å². The number of anilines is 1. The molecule has 0 saturated heterocycles. The number of rotatable bonds is 3. The largest absolute Gasteiger partial charge is 0.390 e. The maximum atomic E-state index is 13.0. The Bertz CT molecular complexity index is 319. The molecule has 0 saturated carbocycles. The number of nitrogen functional groups attached to an aromatic ring is 1. The molecule has 14 heavy (non-hydrogen) atoms. The topological polar surface area (TPSA) is 85.2 Å². The first kappa shape index (κ1) is 10.8. The van der Waals surface area contributed by atoms with Crippen molar-refractivity contribution in [3.05, 3.63) is 23.9 Å². The Morgan fingerprint density at radius 1 is 1.57 bits per heavy atom. The zero-order valence-corrected chi connectivity index (χ0v) is 7.32. The number of alkyl halides is 2. The lowest BCUT2D eigenvalue weighted by Gasteiger charge is -2.22. The summed E-state index contributed by atoms with van der Waals surface area (Å²) >= 11 is 0. The van der Waals surface area contributed by atoms with E-state index < -0.39 is 18.6 Å². The van der Waals surface area contributed by atoms with Crippen molar-refractivity contribution in [3.63, 3.8) is 0 Å². The predicted octanol–water partition coefficient (Wildman–Crippen LogP) is 0.291. The van der Waals surface area contributed by atoms with E-state index in [1.807, 2.05) is 0 Å². The SMILES string of the molecule is Nc1ncccc1[C@@H](N)C(F)(F)CO. The molecule has 0 aliphatic rings. The van der Waals surface area contributed by atoms with Crippen molar-refractivity contribution >= 4 is 5.82 Å². The summed E-state index contributed by atoms with van der Waals surface area (Å²) in [5.41, 5.74) is 10.7. The lowest BCUT2D eigenvalue weighted by molar-refractivity contribution is -0.0710. The fourth-order valence-electron chi connectivity index (χ4n) is 1.02. The minimum atomic E-state index is -3.39. The molecule has 0 aromatic carbocycles.